The van der Waals surface area contributed by atoms with Crippen LogP contribution < -0.4 is 5.32 Å². The summed E-state index contributed by atoms with van der Waals surface area (Å²) in [5, 5.41) is 3.36. The number of carbonyl (C=O) groups excluding carboxylic acids is 1. The molecule has 13 heavy (non-hydrogen) atoms. The van der Waals surface area contributed by atoms with E-state index in [1.54, 1.807) is 0 Å². The summed E-state index contributed by atoms with van der Waals surface area (Å²) in [6.07, 6.45) is 4.86. The van der Waals surface area contributed by atoms with Crippen LogP contribution in [0.25, 0.3) is 0 Å². The number of fused-ring (bicyclic) bond motifs is 3. The number of rotatable bonds is 2. The molecule has 3 heteroatoms. The molecule has 3 nitrogen and oxygen atoms in total. The minimum Gasteiger partial charge on any atom is -0.465 e. The zero-order chi connectivity index (χ0) is 9.26. The van der Waals surface area contributed by atoms with Crippen molar-refractivity contribution in [1.82, 2.24) is 5.32 Å². The van der Waals surface area contributed by atoms with Gasteiger partial charge < -0.3 is 10.1 Å². The number of carbonyl (C=O) groups is 1. The lowest BCUT2D eigenvalue weighted by Crippen LogP contribution is -2.56. The monoisotopic (exact) mass is 183 g/mol. The first kappa shape index (κ1) is 9.00. The molecule has 2 aliphatic heterocycles. The van der Waals surface area contributed by atoms with Crippen molar-refractivity contribution in [3.63, 3.8) is 0 Å². The van der Waals surface area contributed by atoms with Gasteiger partial charge in [-0.25, -0.2) is 0 Å². The van der Waals surface area contributed by atoms with E-state index in [4.69, 9.17) is 4.74 Å². The number of hydrogen-bond acceptors (Lipinski definition) is 3. The SMILES string of the molecule is CCOC(=O)[C@@H]1NC2CCC1CC2. The second-order valence-electron chi connectivity index (χ2n) is 4.01. The molecule has 0 aromatic heterocycles. The van der Waals surface area contributed by atoms with Gasteiger partial charge in [0.05, 0.1) is 6.61 Å². The minimum atomic E-state index is -0.0445. The van der Waals surface area contributed by atoms with Gasteiger partial charge in [0.15, 0.2) is 0 Å². The highest BCUT2D eigenvalue weighted by Gasteiger charge is 2.39. The van der Waals surface area contributed by atoms with Crippen LogP contribution in [0, 0.1) is 5.92 Å². The van der Waals surface area contributed by atoms with Gasteiger partial charge in [-0.15, -0.1) is 0 Å². The van der Waals surface area contributed by atoms with Crippen LogP contribution in [0.3, 0.4) is 0 Å². The highest BCUT2D eigenvalue weighted by atomic mass is 16.5. The van der Waals surface area contributed by atoms with Crippen LogP contribution in [0.15, 0.2) is 0 Å². The molecule has 3 fully saturated rings. The Balaban J connectivity index is 1.96. The molecule has 0 aromatic carbocycles. The highest BCUT2D eigenvalue weighted by Crippen LogP contribution is 2.33. The lowest BCUT2D eigenvalue weighted by Gasteiger charge is -2.42. The molecule has 0 spiro atoms. The predicted octanol–water partition coefficient (Wildman–Crippen LogP) is 1.08. The largest absolute Gasteiger partial charge is 0.465 e. The first-order valence-corrected chi connectivity index (χ1v) is 5.24. The third-order valence-electron chi connectivity index (χ3n) is 3.20. The van der Waals surface area contributed by atoms with Gasteiger partial charge in [0, 0.05) is 6.04 Å². The van der Waals surface area contributed by atoms with Crippen molar-refractivity contribution in [3.05, 3.63) is 0 Å². The van der Waals surface area contributed by atoms with Crippen LogP contribution in [0.1, 0.15) is 32.6 Å². The number of piperidine rings is 2. The summed E-state index contributed by atoms with van der Waals surface area (Å²) in [6, 6.07) is 0.562. The normalized spacial score (nSPS) is 37.5. The number of nitrogens with one attached hydrogen (secondary N) is 1. The first-order chi connectivity index (χ1) is 6.31. The fourth-order valence-corrected chi connectivity index (χ4v) is 2.50. The van der Waals surface area contributed by atoms with Gasteiger partial charge in [0.2, 0.25) is 0 Å². The van der Waals surface area contributed by atoms with Crippen LogP contribution >= 0.6 is 0 Å². The fraction of sp³-hybridized carbons (Fsp3) is 0.900. The van der Waals surface area contributed by atoms with E-state index < -0.39 is 0 Å². The van der Waals surface area contributed by atoms with Gasteiger partial charge in [-0.1, -0.05) is 0 Å². The Morgan fingerprint density at radius 3 is 2.54 bits per heavy atom. The smallest absolute Gasteiger partial charge is 0.323 e. The van der Waals surface area contributed by atoms with Crippen molar-refractivity contribution in [2.45, 2.75) is 44.7 Å². The molecule has 1 atom stereocenters. The Bertz CT molecular complexity index is 197. The lowest BCUT2D eigenvalue weighted by molar-refractivity contribution is -0.149. The van der Waals surface area contributed by atoms with Crippen molar-refractivity contribution < 1.29 is 9.53 Å². The van der Waals surface area contributed by atoms with Gasteiger partial charge in [-0.05, 0) is 38.5 Å². The van der Waals surface area contributed by atoms with Crippen molar-refractivity contribution in [2.75, 3.05) is 6.61 Å². The average Bonchev–Trinajstić information content (AvgIpc) is 2.20. The number of hydrogen-bond donors (Lipinski definition) is 1. The topological polar surface area (TPSA) is 38.3 Å². The zero-order valence-corrected chi connectivity index (χ0v) is 8.08. The molecule has 0 amide bonds. The summed E-state index contributed by atoms with van der Waals surface area (Å²) < 4.78 is 5.03. The Morgan fingerprint density at radius 1 is 1.38 bits per heavy atom. The Morgan fingerprint density at radius 2 is 2.08 bits per heavy atom. The van der Waals surface area contributed by atoms with E-state index in [1.807, 2.05) is 6.92 Å². The maximum Gasteiger partial charge on any atom is 0.323 e. The Kier molecular flexibility index (Phi) is 2.54. The van der Waals surface area contributed by atoms with E-state index in [9.17, 15) is 4.79 Å². The molecule has 2 saturated heterocycles. The highest BCUT2D eigenvalue weighted by molar-refractivity contribution is 5.76. The number of ether oxygens (including phenoxy) is 1. The van der Waals surface area contributed by atoms with Crippen molar-refractivity contribution in [2.24, 2.45) is 5.92 Å². The molecule has 2 bridgehead atoms. The summed E-state index contributed by atoms with van der Waals surface area (Å²) in [5.41, 5.74) is 0. The van der Waals surface area contributed by atoms with E-state index in [-0.39, 0.29) is 12.0 Å². The summed E-state index contributed by atoms with van der Waals surface area (Å²) in [4.78, 5) is 11.5. The molecule has 0 aromatic rings. The van der Waals surface area contributed by atoms with Crippen molar-refractivity contribution in [3.8, 4) is 0 Å². The molecule has 2 heterocycles. The molecule has 1 saturated carbocycles. The van der Waals surface area contributed by atoms with E-state index in [2.05, 4.69) is 5.32 Å². The van der Waals surface area contributed by atoms with Gasteiger partial charge >= 0.3 is 5.97 Å². The van der Waals surface area contributed by atoms with Crippen molar-refractivity contribution in [1.29, 1.82) is 0 Å². The molecular formula is C10H17NO2. The van der Waals surface area contributed by atoms with Crippen LogP contribution in [-0.4, -0.2) is 24.7 Å². The maximum absolute atomic E-state index is 11.5. The lowest BCUT2D eigenvalue weighted by atomic mass is 9.76. The summed E-state index contributed by atoms with van der Waals surface area (Å²) in [6.45, 7) is 2.35. The minimum absolute atomic E-state index is 0.00699. The molecule has 1 aliphatic carbocycles. The van der Waals surface area contributed by atoms with E-state index in [0.717, 1.165) is 0 Å². The van der Waals surface area contributed by atoms with Gasteiger partial charge in [0.1, 0.15) is 6.04 Å². The van der Waals surface area contributed by atoms with E-state index in [1.165, 1.54) is 25.7 Å². The Labute approximate surface area is 78.8 Å². The molecule has 74 valence electrons. The third-order valence-corrected chi connectivity index (χ3v) is 3.20. The quantitative estimate of drug-likeness (QED) is 0.651. The fourth-order valence-electron chi connectivity index (χ4n) is 2.50. The summed E-state index contributed by atoms with van der Waals surface area (Å²) >= 11 is 0. The van der Waals surface area contributed by atoms with Gasteiger partial charge in [-0.2, -0.15) is 0 Å². The van der Waals surface area contributed by atoms with Crippen LogP contribution in [0.2, 0.25) is 0 Å². The molecule has 3 aliphatic rings. The van der Waals surface area contributed by atoms with Gasteiger partial charge in [0.25, 0.3) is 0 Å². The summed E-state index contributed by atoms with van der Waals surface area (Å²) in [7, 11) is 0. The third kappa shape index (κ3) is 1.70. The molecular weight excluding hydrogens is 166 g/mol. The van der Waals surface area contributed by atoms with Crippen molar-refractivity contribution >= 4 is 5.97 Å². The van der Waals surface area contributed by atoms with Crippen LogP contribution in [-0.2, 0) is 9.53 Å². The maximum atomic E-state index is 11.5. The first-order valence-electron chi connectivity index (χ1n) is 5.24. The van der Waals surface area contributed by atoms with Crippen LogP contribution in [0.4, 0.5) is 0 Å². The van der Waals surface area contributed by atoms with Crippen LogP contribution in [0.5, 0.6) is 0 Å². The molecule has 3 rings (SSSR count). The second-order valence-corrected chi connectivity index (χ2v) is 4.01. The standard InChI is InChI=1S/C10H17NO2/c1-2-13-10(12)9-7-3-5-8(11-9)6-4-7/h7-9,11H,2-6H2,1H3/t7?,8?,9-/m1/s1. The summed E-state index contributed by atoms with van der Waals surface area (Å²) in [5.74, 6) is 0.487. The predicted molar refractivity (Wildman–Crippen MR) is 49.3 cm³/mol. The van der Waals surface area contributed by atoms with E-state index >= 15 is 0 Å². The molecule has 1 N–H and O–H groups in total. The van der Waals surface area contributed by atoms with E-state index in [0.29, 0.717) is 18.6 Å². The molecule has 0 unspecified atom stereocenters. The zero-order valence-electron chi connectivity index (χ0n) is 8.08. The average molecular weight is 183 g/mol. The molecule has 0 radical (unpaired) electrons. The Hall–Kier alpha value is -0.570. The van der Waals surface area contributed by atoms with Gasteiger partial charge in [-0.3, -0.25) is 4.79 Å². The second kappa shape index (κ2) is 3.66. The number of esters is 1.